The van der Waals surface area contributed by atoms with E-state index in [4.69, 9.17) is 4.74 Å². The van der Waals surface area contributed by atoms with Crippen molar-refractivity contribution in [1.29, 1.82) is 0 Å². The molecule has 2 aliphatic heterocycles. The molecule has 0 spiro atoms. The molecule has 0 atom stereocenters. The molecule has 128 valence electrons. The number of nitrogens with zero attached hydrogens (tertiary/aromatic N) is 2. The van der Waals surface area contributed by atoms with Crippen LogP contribution in [0.25, 0.3) is 0 Å². The van der Waals surface area contributed by atoms with Gasteiger partial charge in [-0.15, -0.1) is 0 Å². The molecular weight excluding hydrogens is 286 g/mol. The smallest absolute Gasteiger partial charge is 0.119 e. The maximum Gasteiger partial charge on any atom is 0.119 e. The summed E-state index contributed by atoms with van der Waals surface area (Å²) in [6.07, 6.45) is 3.60. The van der Waals surface area contributed by atoms with Crippen LogP contribution in [0, 0.1) is 0 Å². The number of likely N-dealkylation sites (N-methyl/N-ethyl adjacent to an activating group) is 1. The van der Waals surface area contributed by atoms with Gasteiger partial charge in [-0.05, 0) is 63.0 Å². The lowest BCUT2D eigenvalue weighted by Gasteiger charge is -2.32. The number of ether oxygens (including phenoxy) is 1. The standard InChI is InChI=1S/C19H31N3O/c1-21-11-13-22(14-12-21)10-3-15-23-19-5-2-4-18(16-19)17-6-8-20-9-7-17/h2,4-5,16-17,20H,3,6-15H2,1H3. The minimum atomic E-state index is 0.699. The van der Waals surface area contributed by atoms with Crippen LogP contribution in [0.4, 0.5) is 0 Å². The highest BCUT2D eigenvalue weighted by Crippen LogP contribution is 2.27. The molecule has 0 saturated carbocycles. The molecule has 0 amide bonds. The first-order valence-corrected chi connectivity index (χ1v) is 9.15. The van der Waals surface area contributed by atoms with Gasteiger partial charge in [-0.1, -0.05) is 12.1 Å². The number of hydrogen-bond acceptors (Lipinski definition) is 4. The monoisotopic (exact) mass is 317 g/mol. The van der Waals surface area contributed by atoms with Gasteiger partial charge >= 0.3 is 0 Å². The molecule has 2 heterocycles. The van der Waals surface area contributed by atoms with Crippen LogP contribution in [0.1, 0.15) is 30.7 Å². The molecule has 4 heteroatoms. The lowest BCUT2D eigenvalue weighted by molar-refractivity contribution is 0.145. The first kappa shape index (κ1) is 16.7. The van der Waals surface area contributed by atoms with Crippen molar-refractivity contribution >= 4 is 0 Å². The Bertz CT molecular complexity index is 465. The Morgan fingerprint density at radius 3 is 2.70 bits per heavy atom. The van der Waals surface area contributed by atoms with Crippen molar-refractivity contribution in [3.05, 3.63) is 29.8 Å². The molecule has 1 aromatic rings. The van der Waals surface area contributed by atoms with E-state index in [2.05, 4.69) is 46.4 Å². The first-order valence-electron chi connectivity index (χ1n) is 9.15. The SMILES string of the molecule is CN1CCN(CCCOc2cccc(C3CCNCC3)c2)CC1. The zero-order valence-corrected chi connectivity index (χ0v) is 14.5. The van der Waals surface area contributed by atoms with E-state index in [1.165, 1.54) is 44.6 Å². The topological polar surface area (TPSA) is 27.7 Å². The van der Waals surface area contributed by atoms with Gasteiger partial charge in [-0.3, -0.25) is 0 Å². The van der Waals surface area contributed by atoms with Crippen molar-refractivity contribution in [3.8, 4) is 5.75 Å². The molecular formula is C19H31N3O. The largest absolute Gasteiger partial charge is 0.494 e. The van der Waals surface area contributed by atoms with Gasteiger partial charge in [0.05, 0.1) is 6.61 Å². The Kier molecular flexibility index (Phi) is 6.31. The highest BCUT2D eigenvalue weighted by molar-refractivity contribution is 5.31. The summed E-state index contributed by atoms with van der Waals surface area (Å²) in [7, 11) is 2.20. The van der Waals surface area contributed by atoms with Crippen LogP contribution in [0.3, 0.4) is 0 Å². The van der Waals surface area contributed by atoms with E-state index in [-0.39, 0.29) is 0 Å². The van der Waals surface area contributed by atoms with E-state index in [0.29, 0.717) is 5.92 Å². The van der Waals surface area contributed by atoms with Gasteiger partial charge < -0.3 is 19.9 Å². The van der Waals surface area contributed by atoms with Gasteiger partial charge in [0.15, 0.2) is 0 Å². The van der Waals surface area contributed by atoms with Crippen LogP contribution < -0.4 is 10.1 Å². The summed E-state index contributed by atoms with van der Waals surface area (Å²) in [6, 6.07) is 8.76. The summed E-state index contributed by atoms with van der Waals surface area (Å²) in [4.78, 5) is 4.95. The Morgan fingerprint density at radius 1 is 1.13 bits per heavy atom. The van der Waals surface area contributed by atoms with E-state index in [0.717, 1.165) is 38.4 Å². The first-order chi connectivity index (χ1) is 11.3. The molecule has 2 fully saturated rings. The van der Waals surface area contributed by atoms with Crippen LogP contribution in [0.2, 0.25) is 0 Å². The number of rotatable bonds is 6. The fourth-order valence-corrected chi connectivity index (χ4v) is 3.56. The fraction of sp³-hybridized carbons (Fsp3) is 0.684. The maximum absolute atomic E-state index is 6.00. The third kappa shape index (κ3) is 5.20. The second-order valence-corrected chi connectivity index (χ2v) is 6.94. The number of piperidine rings is 1. The summed E-state index contributed by atoms with van der Waals surface area (Å²) in [5.74, 6) is 1.74. The highest BCUT2D eigenvalue weighted by atomic mass is 16.5. The van der Waals surface area contributed by atoms with Crippen LogP contribution in [-0.4, -0.2) is 69.3 Å². The molecule has 0 radical (unpaired) electrons. The van der Waals surface area contributed by atoms with Gasteiger partial charge in [-0.2, -0.15) is 0 Å². The van der Waals surface area contributed by atoms with Gasteiger partial charge in [-0.25, -0.2) is 0 Å². The minimum absolute atomic E-state index is 0.699. The van der Waals surface area contributed by atoms with Gasteiger partial charge in [0.2, 0.25) is 0 Å². The zero-order valence-electron chi connectivity index (χ0n) is 14.5. The van der Waals surface area contributed by atoms with Crippen LogP contribution in [0.15, 0.2) is 24.3 Å². The molecule has 1 aromatic carbocycles. The van der Waals surface area contributed by atoms with Gasteiger partial charge in [0.1, 0.15) is 5.75 Å². The third-order valence-electron chi connectivity index (χ3n) is 5.15. The van der Waals surface area contributed by atoms with Crippen LogP contribution in [-0.2, 0) is 0 Å². The quantitative estimate of drug-likeness (QED) is 0.814. The average molecular weight is 317 g/mol. The Morgan fingerprint density at radius 2 is 1.91 bits per heavy atom. The summed E-state index contributed by atoms with van der Waals surface area (Å²) >= 11 is 0. The van der Waals surface area contributed by atoms with E-state index in [1.54, 1.807) is 0 Å². The summed E-state index contributed by atoms with van der Waals surface area (Å²) in [5, 5.41) is 3.44. The number of piperazine rings is 1. The normalized spacial score (nSPS) is 21.4. The van der Waals surface area contributed by atoms with E-state index < -0.39 is 0 Å². The summed E-state index contributed by atoms with van der Waals surface area (Å²) < 4.78 is 6.00. The molecule has 0 unspecified atom stereocenters. The molecule has 0 aliphatic carbocycles. The minimum Gasteiger partial charge on any atom is -0.494 e. The van der Waals surface area contributed by atoms with Crippen molar-refractivity contribution in [3.63, 3.8) is 0 Å². The number of nitrogens with one attached hydrogen (secondary N) is 1. The van der Waals surface area contributed by atoms with Crippen molar-refractivity contribution in [2.45, 2.75) is 25.2 Å². The van der Waals surface area contributed by atoms with Crippen molar-refractivity contribution in [2.24, 2.45) is 0 Å². The third-order valence-corrected chi connectivity index (χ3v) is 5.15. The van der Waals surface area contributed by atoms with Gasteiger partial charge in [0, 0.05) is 32.7 Å². The van der Waals surface area contributed by atoms with E-state index in [1.807, 2.05) is 0 Å². The number of hydrogen-bond donors (Lipinski definition) is 1. The Hall–Kier alpha value is -1.10. The van der Waals surface area contributed by atoms with Crippen LogP contribution >= 0.6 is 0 Å². The predicted octanol–water partition coefficient (Wildman–Crippen LogP) is 2.17. The van der Waals surface area contributed by atoms with Crippen molar-refractivity contribution in [1.82, 2.24) is 15.1 Å². The van der Waals surface area contributed by atoms with Crippen LogP contribution in [0.5, 0.6) is 5.75 Å². The summed E-state index contributed by atoms with van der Waals surface area (Å²) in [5.41, 5.74) is 1.45. The van der Waals surface area contributed by atoms with E-state index in [9.17, 15) is 0 Å². The second-order valence-electron chi connectivity index (χ2n) is 6.94. The maximum atomic E-state index is 6.00. The van der Waals surface area contributed by atoms with Crippen molar-refractivity contribution in [2.75, 3.05) is 59.5 Å². The predicted molar refractivity (Wildman–Crippen MR) is 95.3 cm³/mol. The highest BCUT2D eigenvalue weighted by Gasteiger charge is 2.16. The van der Waals surface area contributed by atoms with Gasteiger partial charge in [0.25, 0.3) is 0 Å². The van der Waals surface area contributed by atoms with E-state index >= 15 is 0 Å². The molecule has 0 aromatic heterocycles. The molecule has 2 aliphatic rings. The molecule has 1 N–H and O–H groups in total. The Balaban J connectivity index is 1.40. The molecule has 2 saturated heterocycles. The lowest BCUT2D eigenvalue weighted by Crippen LogP contribution is -2.44. The molecule has 3 rings (SSSR count). The van der Waals surface area contributed by atoms with Crippen molar-refractivity contribution < 1.29 is 4.74 Å². The average Bonchev–Trinajstić information content (AvgIpc) is 2.61. The Labute approximate surface area is 140 Å². The summed E-state index contributed by atoms with van der Waals surface area (Å²) in [6.45, 7) is 9.03. The fourth-order valence-electron chi connectivity index (χ4n) is 3.56. The lowest BCUT2D eigenvalue weighted by atomic mass is 9.90. The second kappa shape index (κ2) is 8.67. The number of benzene rings is 1. The molecule has 4 nitrogen and oxygen atoms in total. The zero-order chi connectivity index (χ0) is 15.9. The molecule has 0 bridgehead atoms. The molecule has 23 heavy (non-hydrogen) atoms.